The van der Waals surface area contributed by atoms with Crippen LogP contribution in [0.1, 0.15) is 52.4 Å². The first-order chi connectivity index (χ1) is 11.7. The fraction of sp³-hybridized carbons (Fsp3) is 0.522. The van der Waals surface area contributed by atoms with Crippen molar-refractivity contribution < 1.29 is 0 Å². The molecule has 1 spiro atoms. The van der Waals surface area contributed by atoms with Crippen LogP contribution in [0.25, 0.3) is 0 Å². The van der Waals surface area contributed by atoms with Gasteiger partial charge in [0.2, 0.25) is 0 Å². The summed E-state index contributed by atoms with van der Waals surface area (Å²) in [5.74, 6) is 1.79. The quantitative estimate of drug-likeness (QED) is 0.547. The van der Waals surface area contributed by atoms with E-state index < -0.39 is 0 Å². The predicted molar refractivity (Wildman–Crippen MR) is 105 cm³/mol. The predicted octanol–water partition coefficient (Wildman–Crippen LogP) is 6.22. The smallest absolute Gasteiger partial charge is 0.0283 e. The Labute approximate surface area is 147 Å². The molecule has 0 amide bonds. The second kappa shape index (κ2) is 7.51. The molecule has 0 saturated heterocycles. The maximum atomic E-state index is 4.13. The van der Waals surface area contributed by atoms with E-state index in [0.717, 1.165) is 5.92 Å². The number of nitrogens with zero attached hydrogens (tertiary/aromatic N) is 1. The molecule has 2 fully saturated rings. The van der Waals surface area contributed by atoms with Crippen molar-refractivity contribution in [1.82, 2.24) is 0 Å². The highest BCUT2D eigenvalue weighted by atomic mass is 14.6. The van der Waals surface area contributed by atoms with Crippen LogP contribution in [0.4, 0.5) is 0 Å². The van der Waals surface area contributed by atoms with Crippen LogP contribution in [0.3, 0.4) is 0 Å². The first-order valence-electron chi connectivity index (χ1n) is 9.62. The topological polar surface area (TPSA) is 12.4 Å². The molecule has 1 heteroatoms. The number of hydrogen-bond donors (Lipinski definition) is 0. The van der Waals surface area contributed by atoms with Gasteiger partial charge in [0, 0.05) is 18.7 Å². The highest BCUT2D eigenvalue weighted by Gasteiger charge is 2.54. The minimum absolute atomic E-state index is 0.348. The van der Waals surface area contributed by atoms with Crippen LogP contribution in [-0.2, 0) is 0 Å². The van der Waals surface area contributed by atoms with E-state index in [1.165, 1.54) is 55.2 Å². The van der Waals surface area contributed by atoms with Gasteiger partial charge in [0.05, 0.1) is 0 Å². The molecule has 4 aliphatic carbocycles. The fourth-order valence-electron chi connectivity index (χ4n) is 4.34. The summed E-state index contributed by atoms with van der Waals surface area (Å²) in [4.78, 5) is 4.13. The summed E-state index contributed by atoms with van der Waals surface area (Å²) in [6.07, 6.45) is 26.4. The molecule has 2 saturated carbocycles. The van der Waals surface area contributed by atoms with E-state index in [1.807, 2.05) is 13.3 Å². The third-order valence-corrected chi connectivity index (χ3v) is 6.03. The van der Waals surface area contributed by atoms with Crippen LogP contribution in [-0.4, -0.2) is 13.3 Å². The zero-order valence-electron chi connectivity index (χ0n) is 15.5. The standard InChI is InChI=1S/C16H17N.C7H14/c1-3-12(11-17-2)13-8-14-6-4-5-7-16(14)10-15(16)9-13;1-2-7-5-3-4-6-7/h3-9,11,15H,10H2,1-2H3;7H,2-6H2,1H3/b12-3+,17-11?;. The molecule has 0 aliphatic heterocycles. The SMILES string of the molecule is C/C=C(\C=NC)C1=CC2CC23C=CC=CC3=C1.CCC1CCCC1. The first kappa shape index (κ1) is 17.2. The monoisotopic (exact) mass is 321 g/mol. The zero-order valence-corrected chi connectivity index (χ0v) is 15.5. The summed E-state index contributed by atoms with van der Waals surface area (Å²) in [6.45, 7) is 4.37. The molecule has 2 unspecified atom stereocenters. The Kier molecular flexibility index (Phi) is 5.38. The van der Waals surface area contributed by atoms with Gasteiger partial charge in [0.25, 0.3) is 0 Å². The number of rotatable bonds is 3. The molecule has 128 valence electrons. The third kappa shape index (κ3) is 3.41. The van der Waals surface area contributed by atoms with Gasteiger partial charge in [-0.1, -0.05) is 81.6 Å². The van der Waals surface area contributed by atoms with E-state index in [1.54, 1.807) is 0 Å². The van der Waals surface area contributed by atoms with Crippen LogP contribution in [0.2, 0.25) is 0 Å². The molecule has 0 aromatic heterocycles. The minimum Gasteiger partial charge on any atom is -0.296 e. The van der Waals surface area contributed by atoms with E-state index >= 15 is 0 Å². The van der Waals surface area contributed by atoms with Crippen molar-refractivity contribution in [1.29, 1.82) is 0 Å². The molecule has 0 aromatic rings. The Hall–Kier alpha value is -1.63. The second-order valence-corrected chi connectivity index (χ2v) is 7.48. The van der Waals surface area contributed by atoms with Crippen molar-refractivity contribution in [2.75, 3.05) is 7.05 Å². The average molecular weight is 322 g/mol. The van der Waals surface area contributed by atoms with Crippen molar-refractivity contribution in [2.45, 2.75) is 52.4 Å². The van der Waals surface area contributed by atoms with Gasteiger partial charge in [-0.2, -0.15) is 0 Å². The molecule has 4 aliphatic rings. The van der Waals surface area contributed by atoms with Crippen molar-refractivity contribution in [3.8, 4) is 0 Å². The Bertz CT molecular complexity index is 635. The molecular weight excluding hydrogens is 290 g/mol. The summed E-state index contributed by atoms with van der Waals surface area (Å²) in [6, 6.07) is 0. The van der Waals surface area contributed by atoms with E-state index in [4.69, 9.17) is 0 Å². The van der Waals surface area contributed by atoms with Gasteiger partial charge in [-0.15, -0.1) is 0 Å². The lowest BCUT2D eigenvalue weighted by Crippen LogP contribution is -2.09. The lowest BCUT2D eigenvalue weighted by molar-refractivity contribution is 0.531. The molecule has 4 rings (SSSR count). The lowest BCUT2D eigenvalue weighted by Gasteiger charge is -2.21. The Morgan fingerprint density at radius 1 is 1.29 bits per heavy atom. The number of allylic oxidation sites excluding steroid dienone is 10. The van der Waals surface area contributed by atoms with Gasteiger partial charge < -0.3 is 0 Å². The van der Waals surface area contributed by atoms with Gasteiger partial charge >= 0.3 is 0 Å². The van der Waals surface area contributed by atoms with Crippen molar-refractivity contribution in [3.05, 3.63) is 59.3 Å². The first-order valence-corrected chi connectivity index (χ1v) is 9.62. The largest absolute Gasteiger partial charge is 0.296 e. The van der Waals surface area contributed by atoms with E-state index in [2.05, 4.69) is 61.4 Å². The summed E-state index contributed by atoms with van der Waals surface area (Å²) in [7, 11) is 1.82. The molecule has 0 aromatic carbocycles. The molecule has 0 N–H and O–H groups in total. The van der Waals surface area contributed by atoms with E-state index in [9.17, 15) is 0 Å². The highest BCUT2D eigenvalue weighted by Crippen LogP contribution is 2.63. The van der Waals surface area contributed by atoms with Crippen LogP contribution in [0, 0.1) is 17.3 Å². The fourth-order valence-corrected chi connectivity index (χ4v) is 4.34. The molecule has 0 heterocycles. The van der Waals surface area contributed by atoms with Gasteiger partial charge in [-0.3, -0.25) is 4.99 Å². The molecular formula is C23H31N. The van der Waals surface area contributed by atoms with Gasteiger partial charge in [0.15, 0.2) is 0 Å². The zero-order chi connectivity index (χ0) is 17.0. The molecule has 24 heavy (non-hydrogen) atoms. The van der Waals surface area contributed by atoms with Crippen LogP contribution in [0.15, 0.2) is 64.2 Å². The van der Waals surface area contributed by atoms with Gasteiger partial charge in [-0.25, -0.2) is 0 Å². The summed E-state index contributed by atoms with van der Waals surface area (Å²) < 4.78 is 0. The van der Waals surface area contributed by atoms with Crippen molar-refractivity contribution in [2.24, 2.45) is 22.2 Å². The maximum absolute atomic E-state index is 4.13. The van der Waals surface area contributed by atoms with Crippen LogP contribution >= 0.6 is 0 Å². The molecule has 0 radical (unpaired) electrons. The second-order valence-electron chi connectivity index (χ2n) is 7.48. The molecule has 2 atom stereocenters. The van der Waals surface area contributed by atoms with Crippen LogP contribution in [0.5, 0.6) is 0 Å². The maximum Gasteiger partial charge on any atom is 0.0283 e. The number of hydrogen-bond acceptors (Lipinski definition) is 1. The van der Waals surface area contributed by atoms with Crippen molar-refractivity contribution >= 4 is 6.21 Å². The highest BCUT2D eigenvalue weighted by molar-refractivity contribution is 5.86. The Morgan fingerprint density at radius 2 is 2.08 bits per heavy atom. The van der Waals surface area contributed by atoms with Gasteiger partial charge in [-0.05, 0) is 41.9 Å². The minimum atomic E-state index is 0.348. The molecule has 1 nitrogen and oxygen atoms in total. The molecule has 0 bridgehead atoms. The summed E-state index contributed by atoms with van der Waals surface area (Å²) in [5, 5.41) is 0. The van der Waals surface area contributed by atoms with E-state index in [0.29, 0.717) is 11.3 Å². The summed E-state index contributed by atoms with van der Waals surface area (Å²) >= 11 is 0. The van der Waals surface area contributed by atoms with Crippen LogP contribution < -0.4 is 0 Å². The Morgan fingerprint density at radius 3 is 2.71 bits per heavy atom. The van der Waals surface area contributed by atoms with E-state index in [-0.39, 0.29) is 0 Å². The average Bonchev–Trinajstić information content (AvgIpc) is 3.06. The van der Waals surface area contributed by atoms with Gasteiger partial charge in [0.1, 0.15) is 0 Å². The lowest BCUT2D eigenvalue weighted by atomic mass is 9.82. The van der Waals surface area contributed by atoms with Crippen molar-refractivity contribution in [3.63, 3.8) is 0 Å². The normalized spacial score (nSPS) is 31.1. The summed E-state index contributed by atoms with van der Waals surface area (Å²) in [5.41, 5.74) is 4.36. The third-order valence-electron chi connectivity index (χ3n) is 6.03. The Balaban J connectivity index is 0.000000203. The number of aliphatic imine (C=N–C) groups is 1.